The Labute approximate surface area is 145 Å². The summed E-state index contributed by atoms with van der Waals surface area (Å²) in [5.41, 5.74) is 3.23. The van der Waals surface area contributed by atoms with Gasteiger partial charge in [-0.05, 0) is 24.3 Å². The summed E-state index contributed by atoms with van der Waals surface area (Å²) in [4.78, 5) is 3.28. The summed E-state index contributed by atoms with van der Waals surface area (Å²) < 4.78 is 12.5. The highest BCUT2D eigenvalue weighted by molar-refractivity contribution is 5.79. The van der Waals surface area contributed by atoms with Crippen molar-refractivity contribution in [1.29, 1.82) is 5.26 Å². The molecule has 0 spiro atoms. The van der Waals surface area contributed by atoms with Gasteiger partial charge in [-0.15, -0.1) is 0 Å². The average molecular weight is 335 g/mol. The first-order valence-corrected chi connectivity index (χ1v) is 7.74. The van der Waals surface area contributed by atoms with Crippen molar-refractivity contribution in [2.24, 2.45) is 7.05 Å². The second-order valence-electron chi connectivity index (χ2n) is 5.43. The van der Waals surface area contributed by atoms with Gasteiger partial charge in [-0.1, -0.05) is 12.1 Å². The van der Waals surface area contributed by atoms with Crippen LogP contribution in [-0.2, 0) is 7.05 Å². The third-order valence-electron chi connectivity index (χ3n) is 4.01. The van der Waals surface area contributed by atoms with Crippen LogP contribution in [0, 0.1) is 11.3 Å². The molecule has 0 saturated carbocycles. The van der Waals surface area contributed by atoms with Crippen molar-refractivity contribution in [3.63, 3.8) is 0 Å². The number of fused-ring (bicyclic) bond motifs is 1. The second-order valence-corrected chi connectivity index (χ2v) is 5.43. The van der Waals surface area contributed by atoms with E-state index in [1.165, 1.54) is 0 Å². The predicted octanol–water partition coefficient (Wildman–Crippen LogP) is 2.99. The first kappa shape index (κ1) is 16.4. The summed E-state index contributed by atoms with van der Waals surface area (Å²) in [6, 6.07) is 15.6. The highest BCUT2D eigenvalue weighted by atomic mass is 16.5. The number of hydrogen-bond acceptors (Lipinski definition) is 4. The third-order valence-corrected chi connectivity index (χ3v) is 4.01. The lowest BCUT2D eigenvalue weighted by Crippen LogP contribution is -2.31. The maximum Gasteiger partial charge on any atom is 0.299 e. The molecule has 6 nitrogen and oxygen atoms in total. The van der Waals surface area contributed by atoms with Gasteiger partial charge in [0.2, 0.25) is 0 Å². The summed E-state index contributed by atoms with van der Waals surface area (Å²) in [7, 11) is 5.12. The van der Waals surface area contributed by atoms with Crippen LogP contribution < -0.4 is 19.4 Å². The summed E-state index contributed by atoms with van der Waals surface area (Å²) in [5.74, 6) is 2.06. The van der Waals surface area contributed by atoms with Crippen LogP contribution in [0.4, 0.5) is 5.69 Å². The van der Waals surface area contributed by atoms with Gasteiger partial charge in [0.1, 0.15) is 17.6 Å². The Balaban J connectivity index is 1.96. The van der Waals surface area contributed by atoms with Crippen molar-refractivity contribution in [3.05, 3.63) is 54.5 Å². The Kier molecular flexibility index (Phi) is 4.57. The molecule has 0 radical (unpaired) electrons. The number of nitrogens with one attached hydrogen (secondary N) is 2. The number of benzene rings is 2. The number of methoxy groups -OCH3 is 2. The van der Waals surface area contributed by atoms with Gasteiger partial charge in [-0.3, -0.25) is 0 Å². The standard InChI is InChI=1S/C19H18N4O2/c1-23-17-7-5-4-6-15(17)22-19(23)13(11-20)12-21-16-9-8-14(24-2)10-18(16)25-3/h4-10,12H,1-3H3,(H,21,22)/p+1. The van der Waals surface area contributed by atoms with E-state index >= 15 is 0 Å². The first-order valence-electron chi connectivity index (χ1n) is 7.74. The molecular weight excluding hydrogens is 316 g/mol. The highest BCUT2D eigenvalue weighted by Crippen LogP contribution is 2.29. The van der Waals surface area contributed by atoms with Gasteiger partial charge in [-0.2, -0.15) is 5.26 Å². The van der Waals surface area contributed by atoms with Crippen molar-refractivity contribution in [3.8, 4) is 17.6 Å². The second kappa shape index (κ2) is 6.97. The minimum Gasteiger partial charge on any atom is -0.497 e. The Bertz CT molecular complexity index is 983. The van der Waals surface area contributed by atoms with E-state index in [2.05, 4.69) is 16.4 Å². The molecule has 0 bridgehead atoms. The van der Waals surface area contributed by atoms with E-state index in [-0.39, 0.29) is 0 Å². The quantitative estimate of drug-likeness (QED) is 0.555. The molecule has 6 heteroatoms. The molecule has 0 fully saturated rings. The van der Waals surface area contributed by atoms with Crippen LogP contribution in [0.1, 0.15) is 5.82 Å². The number of imidazole rings is 1. The zero-order chi connectivity index (χ0) is 17.8. The van der Waals surface area contributed by atoms with Crippen LogP contribution in [0.2, 0.25) is 0 Å². The van der Waals surface area contributed by atoms with Gasteiger partial charge in [-0.25, -0.2) is 9.55 Å². The topological polar surface area (TPSA) is 74.0 Å². The number of para-hydroxylation sites is 2. The third kappa shape index (κ3) is 3.12. The first-order chi connectivity index (χ1) is 12.2. The van der Waals surface area contributed by atoms with Gasteiger partial charge in [0, 0.05) is 12.3 Å². The van der Waals surface area contributed by atoms with Gasteiger partial charge in [0.15, 0.2) is 16.6 Å². The Morgan fingerprint density at radius 2 is 2.00 bits per heavy atom. The van der Waals surface area contributed by atoms with Crippen molar-refractivity contribution >= 4 is 22.3 Å². The molecule has 0 aliphatic carbocycles. The molecule has 126 valence electrons. The van der Waals surface area contributed by atoms with Crippen molar-refractivity contribution in [2.45, 2.75) is 0 Å². The van der Waals surface area contributed by atoms with E-state index in [0.29, 0.717) is 17.1 Å². The van der Waals surface area contributed by atoms with Crippen molar-refractivity contribution in [2.75, 3.05) is 19.5 Å². The number of allylic oxidation sites excluding steroid dienone is 1. The van der Waals surface area contributed by atoms with Crippen LogP contribution in [0.15, 0.2) is 48.7 Å². The lowest BCUT2D eigenvalue weighted by Gasteiger charge is -2.10. The molecular formula is C19H19N4O2+. The number of H-pyrrole nitrogens is 1. The number of aromatic amines is 1. The number of rotatable bonds is 5. The Hall–Kier alpha value is -3.46. The summed E-state index contributed by atoms with van der Waals surface area (Å²) in [6.07, 6.45) is 1.66. The van der Waals surface area contributed by atoms with Crippen molar-refractivity contribution < 1.29 is 14.0 Å². The van der Waals surface area contributed by atoms with Crippen LogP contribution in [0.3, 0.4) is 0 Å². The molecule has 0 saturated heterocycles. The lowest BCUT2D eigenvalue weighted by molar-refractivity contribution is -0.647. The van der Waals surface area contributed by atoms with Crippen molar-refractivity contribution in [1.82, 2.24) is 4.98 Å². The molecule has 3 rings (SSSR count). The van der Waals surface area contributed by atoms with Crippen LogP contribution in [0.25, 0.3) is 16.6 Å². The number of aryl methyl sites for hydroxylation is 1. The fourth-order valence-electron chi connectivity index (χ4n) is 2.67. The van der Waals surface area contributed by atoms with Gasteiger partial charge >= 0.3 is 0 Å². The molecule has 0 atom stereocenters. The molecule has 0 aliphatic rings. The molecule has 1 aromatic heterocycles. The normalized spacial score (nSPS) is 11.2. The number of anilines is 1. The summed E-state index contributed by atoms with van der Waals surface area (Å²) in [5, 5.41) is 12.7. The van der Waals surface area contributed by atoms with Crippen LogP contribution >= 0.6 is 0 Å². The van der Waals surface area contributed by atoms with Gasteiger partial charge < -0.3 is 14.8 Å². The van der Waals surface area contributed by atoms with E-state index in [1.807, 2.05) is 48.0 Å². The predicted molar refractivity (Wildman–Crippen MR) is 96.2 cm³/mol. The zero-order valence-corrected chi connectivity index (χ0v) is 14.3. The SMILES string of the molecule is COc1ccc(NC=C(C#N)c2[nH]c3ccccc3[n+]2C)c(OC)c1. The summed E-state index contributed by atoms with van der Waals surface area (Å²) >= 11 is 0. The Morgan fingerprint density at radius 1 is 1.20 bits per heavy atom. The molecule has 0 amide bonds. The molecule has 2 aromatic carbocycles. The highest BCUT2D eigenvalue weighted by Gasteiger charge is 2.19. The van der Waals surface area contributed by atoms with E-state index in [0.717, 1.165) is 22.5 Å². The molecule has 0 unspecified atom stereocenters. The lowest BCUT2D eigenvalue weighted by atomic mass is 10.2. The maximum atomic E-state index is 9.57. The number of hydrogen-bond donors (Lipinski definition) is 2. The smallest absolute Gasteiger partial charge is 0.299 e. The number of aromatic nitrogens is 2. The van der Waals surface area contributed by atoms with Gasteiger partial charge in [0.05, 0.1) is 27.0 Å². The molecule has 2 N–H and O–H groups in total. The summed E-state index contributed by atoms with van der Waals surface area (Å²) in [6.45, 7) is 0. The average Bonchev–Trinajstić information content (AvgIpc) is 2.99. The molecule has 1 heterocycles. The van der Waals surface area contributed by atoms with E-state index < -0.39 is 0 Å². The van der Waals surface area contributed by atoms with Gasteiger partial charge in [0.25, 0.3) is 5.82 Å². The van der Waals surface area contributed by atoms with Crippen LogP contribution in [0.5, 0.6) is 11.5 Å². The zero-order valence-electron chi connectivity index (χ0n) is 14.3. The fraction of sp³-hybridized carbons (Fsp3) is 0.158. The monoisotopic (exact) mass is 335 g/mol. The molecule has 0 aliphatic heterocycles. The Morgan fingerprint density at radius 3 is 2.68 bits per heavy atom. The number of ether oxygens (including phenoxy) is 2. The minimum atomic E-state index is 0.483. The maximum absolute atomic E-state index is 9.57. The number of nitriles is 1. The fourth-order valence-corrected chi connectivity index (χ4v) is 2.67. The van der Waals surface area contributed by atoms with E-state index in [4.69, 9.17) is 9.47 Å². The van der Waals surface area contributed by atoms with E-state index in [1.54, 1.807) is 26.5 Å². The van der Waals surface area contributed by atoms with Crippen LogP contribution in [-0.4, -0.2) is 19.2 Å². The number of nitrogens with zero attached hydrogens (tertiary/aromatic N) is 2. The molecule has 25 heavy (non-hydrogen) atoms. The largest absolute Gasteiger partial charge is 0.497 e. The van der Waals surface area contributed by atoms with E-state index in [9.17, 15) is 5.26 Å². The molecule has 3 aromatic rings. The minimum absolute atomic E-state index is 0.483.